The van der Waals surface area contributed by atoms with Crippen molar-refractivity contribution < 1.29 is 14.4 Å². The maximum absolute atomic E-state index is 11.0. The number of thiocarbonyl (C=S) groups is 1. The van der Waals surface area contributed by atoms with Crippen molar-refractivity contribution in [1.82, 2.24) is 21.3 Å². The molecule has 0 radical (unpaired) electrons. The summed E-state index contributed by atoms with van der Waals surface area (Å²) >= 11 is 4.75. The average Bonchev–Trinajstić information content (AvgIpc) is 2.82. The van der Waals surface area contributed by atoms with Crippen LogP contribution in [0.2, 0.25) is 0 Å². The Kier molecular flexibility index (Phi) is 5.43. The van der Waals surface area contributed by atoms with Gasteiger partial charge in [-0.1, -0.05) is 27.7 Å². The fourth-order valence-electron chi connectivity index (χ4n) is 1.80. The Labute approximate surface area is 123 Å². The van der Waals surface area contributed by atoms with Crippen molar-refractivity contribution >= 4 is 35.2 Å². The first kappa shape index (κ1) is 16.4. The van der Waals surface area contributed by atoms with Gasteiger partial charge in [-0.25, -0.2) is 4.79 Å². The van der Waals surface area contributed by atoms with Crippen LogP contribution in [-0.4, -0.2) is 35.0 Å². The third kappa shape index (κ3) is 4.16. The molecule has 20 heavy (non-hydrogen) atoms. The number of hydrogen-bond donors (Lipinski definition) is 4. The summed E-state index contributed by atoms with van der Waals surface area (Å²) < 4.78 is 0. The van der Waals surface area contributed by atoms with Gasteiger partial charge in [-0.15, -0.1) is 0 Å². The Morgan fingerprint density at radius 1 is 0.850 bits per heavy atom. The van der Waals surface area contributed by atoms with Crippen LogP contribution in [0.5, 0.6) is 0 Å². The highest BCUT2D eigenvalue weighted by Crippen LogP contribution is 2.05. The van der Waals surface area contributed by atoms with Crippen LogP contribution in [0.15, 0.2) is 0 Å². The zero-order valence-corrected chi connectivity index (χ0v) is 12.8. The predicted molar refractivity (Wildman–Crippen MR) is 77.8 cm³/mol. The molecule has 7 nitrogen and oxygen atoms in total. The van der Waals surface area contributed by atoms with E-state index in [4.69, 9.17) is 12.2 Å². The lowest BCUT2D eigenvalue weighted by atomic mass is 10.1. The van der Waals surface area contributed by atoms with Crippen LogP contribution in [0.1, 0.15) is 27.7 Å². The van der Waals surface area contributed by atoms with Crippen molar-refractivity contribution in [3.63, 3.8) is 0 Å². The molecule has 2 aliphatic heterocycles. The van der Waals surface area contributed by atoms with E-state index in [1.165, 1.54) is 0 Å². The smallest absolute Gasteiger partial charge is 0.322 e. The van der Waals surface area contributed by atoms with Gasteiger partial charge in [-0.2, -0.15) is 0 Å². The molecule has 2 atom stereocenters. The molecular formula is C12H20N4O3S. The standard InChI is InChI=1S/C6H10N2O2.C6H10N2OS/c2*1-3(2)4-5(9)8-6(10)7-4/h2*3-4H,1-2H3,(H2,7,8,9,10). The lowest BCUT2D eigenvalue weighted by Gasteiger charge is -2.10. The maximum Gasteiger partial charge on any atom is 0.322 e. The zero-order valence-electron chi connectivity index (χ0n) is 11.9. The topological polar surface area (TPSA) is 99.3 Å². The van der Waals surface area contributed by atoms with Crippen LogP contribution < -0.4 is 21.3 Å². The highest BCUT2D eigenvalue weighted by molar-refractivity contribution is 7.80. The van der Waals surface area contributed by atoms with Crippen LogP contribution in [0.3, 0.4) is 0 Å². The second kappa shape index (κ2) is 6.65. The van der Waals surface area contributed by atoms with Gasteiger partial charge < -0.3 is 16.0 Å². The van der Waals surface area contributed by atoms with Crippen LogP contribution >= 0.6 is 12.2 Å². The maximum atomic E-state index is 11.0. The Hall–Kier alpha value is -1.70. The Balaban J connectivity index is 0.000000200. The zero-order chi connectivity index (χ0) is 15.4. The van der Waals surface area contributed by atoms with Gasteiger partial charge in [-0.05, 0) is 24.1 Å². The minimum Gasteiger partial charge on any atom is -0.350 e. The van der Waals surface area contributed by atoms with Gasteiger partial charge >= 0.3 is 6.03 Å². The number of urea groups is 1. The van der Waals surface area contributed by atoms with E-state index >= 15 is 0 Å². The average molecular weight is 300 g/mol. The van der Waals surface area contributed by atoms with E-state index in [9.17, 15) is 14.4 Å². The van der Waals surface area contributed by atoms with Gasteiger partial charge in [0.25, 0.3) is 5.91 Å². The molecule has 2 saturated heterocycles. The molecule has 112 valence electrons. The van der Waals surface area contributed by atoms with Crippen molar-refractivity contribution in [3.05, 3.63) is 0 Å². The molecule has 8 heteroatoms. The molecule has 2 heterocycles. The molecule has 4 N–H and O–H groups in total. The molecule has 0 aromatic carbocycles. The second-order valence-corrected chi connectivity index (χ2v) is 5.78. The highest BCUT2D eigenvalue weighted by atomic mass is 32.1. The quantitative estimate of drug-likeness (QED) is 0.420. The van der Waals surface area contributed by atoms with Crippen LogP contribution in [-0.2, 0) is 9.59 Å². The molecule has 0 aromatic heterocycles. The molecule has 0 aromatic rings. The Morgan fingerprint density at radius 2 is 1.30 bits per heavy atom. The predicted octanol–water partition coefficient (Wildman–Crippen LogP) is -0.134. The molecular weight excluding hydrogens is 280 g/mol. The van der Waals surface area contributed by atoms with E-state index in [-0.39, 0.29) is 35.8 Å². The van der Waals surface area contributed by atoms with Gasteiger partial charge in [-0.3, -0.25) is 14.9 Å². The summed E-state index contributed by atoms with van der Waals surface area (Å²) in [5.41, 5.74) is 0. The summed E-state index contributed by atoms with van der Waals surface area (Å²) in [7, 11) is 0. The SMILES string of the molecule is CC(C)C1NC(=O)NC1=O.CC(C)C1NC(=S)NC1=O. The highest BCUT2D eigenvalue weighted by Gasteiger charge is 2.31. The van der Waals surface area contributed by atoms with E-state index in [0.29, 0.717) is 11.0 Å². The summed E-state index contributed by atoms with van der Waals surface area (Å²) in [6.45, 7) is 7.72. The summed E-state index contributed by atoms with van der Waals surface area (Å²) in [4.78, 5) is 32.3. The van der Waals surface area contributed by atoms with Gasteiger partial charge in [0, 0.05) is 0 Å². The van der Waals surface area contributed by atoms with E-state index < -0.39 is 0 Å². The fraction of sp³-hybridized carbons (Fsp3) is 0.667. The van der Waals surface area contributed by atoms with Crippen molar-refractivity contribution in [1.29, 1.82) is 0 Å². The summed E-state index contributed by atoms with van der Waals surface area (Å²) in [6, 6.07) is -0.858. The molecule has 2 aliphatic rings. The van der Waals surface area contributed by atoms with Crippen LogP contribution in [0, 0.1) is 11.8 Å². The third-order valence-electron chi connectivity index (χ3n) is 2.94. The van der Waals surface area contributed by atoms with E-state index in [2.05, 4.69) is 21.3 Å². The molecule has 0 bridgehead atoms. The first-order chi connectivity index (χ1) is 9.22. The fourth-order valence-corrected chi connectivity index (χ4v) is 2.03. The minimum atomic E-state index is -0.385. The molecule has 4 amide bonds. The molecule has 2 fully saturated rings. The van der Waals surface area contributed by atoms with E-state index in [0.717, 1.165) is 0 Å². The van der Waals surface area contributed by atoms with E-state index in [1.54, 1.807) is 0 Å². The number of carbonyl (C=O) groups is 3. The van der Waals surface area contributed by atoms with Gasteiger partial charge in [0.2, 0.25) is 5.91 Å². The molecule has 2 unspecified atom stereocenters. The number of hydrogen-bond acceptors (Lipinski definition) is 4. The van der Waals surface area contributed by atoms with Gasteiger partial charge in [0.05, 0.1) is 0 Å². The van der Waals surface area contributed by atoms with Crippen molar-refractivity contribution in [3.8, 4) is 0 Å². The number of amides is 4. The minimum absolute atomic E-state index is 0.0139. The molecule has 2 rings (SSSR count). The lowest BCUT2D eigenvalue weighted by Crippen LogP contribution is -2.33. The van der Waals surface area contributed by atoms with Crippen LogP contribution in [0.4, 0.5) is 4.79 Å². The molecule has 0 saturated carbocycles. The Morgan fingerprint density at radius 3 is 1.50 bits per heavy atom. The van der Waals surface area contributed by atoms with E-state index in [1.807, 2.05) is 27.7 Å². The normalized spacial score (nSPS) is 24.9. The third-order valence-corrected chi connectivity index (χ3v) is 3.16. The molecule has 0 aliphatic carbocycles. The molecule has 0 spiro atoms. The first-order valence-electron chi connectivity index (χ1n) is 6.45. The number of nitrogens with one attached hydrogen (secondary N) is 4. The first-order valence-corrected chi connectivity index (χ1v) is 6.86. The van der Waals surface area contributed by atoms with Crippen molar-refractivity contribution in [2.75, 3.05) is 0 Å². The monoisotopic (exact) mass is 300 g/mol. The van der Waals surface area contributed by atoms with Gasteiger partial charge in [0.15, 0.2) is 5.11 Å². The van der Waals surface area contributed by atoms with Crippen molar-refractivity contribution in [2.24, 2.45) is 11.8 Å². The van der Waals surface area contributed by atoms with Crippen molar-refractivity contribution in [2.45, 2.75) is 39.8 Å². The second-order valence-electron chi connectivity index (χ2n) is 5.37. The summed E-state index contributed by atoms with van der Waals surface area (Å²) in [5, 5.41) is 10.5. The number of rotatable bonds is 2. The number of carbonyl (C=O) groups excluding carboxylic acids is 3. The van der Waals surface area contributed by atoms with Gasteiger partial charge in [0.1, 0.15) is 12.1 Å². The Bertz CT molecular complexity index is 396. The summed E-state index contributed by atoms with van der Waals surface area (Å²) in [5.74, 6) is 0.215. The van der Waals surface area contributed by atoms with Crippen LogP contribution in [0.25, 0.3) is 0 Å². The largest absolute Gasteiger partial charge is 0.350 e. The number of imide groups is 1. The lowest BCUT2D eigenvalue weighted by molar-refractivity contribution is -0.121. The summed E-state index contributed by atoms with van der Waals surface area (Å²) in [6.07, 6.45) is 0.